The second kappa shape index (κ2) is 16.5. The number of hydrogen-bond acceptors (Lipinski definition) is 2. The zero-order valence-electron chi connectivity index (χ0n) is 29.8. The lowest BCUT2D eigenvalue weighted by Gasteiger charge is -2.09. The van der Waals surface area contributed by atoms with Crippen LogP contribution in [-0.4, -0.2) is 9.97 Å². The van der Waals surface area contributed by atoms with Crippen LogP contribution in [-0.2, 0) is 0 Å². The second-order valence-electron chi connectivity index (χ2n) is 13.1. The smallest absolute Gasteiger partial charge is 0.0273 e. The Morgan fingerprint density at radius 3 is 1.02 bits per heavy atom. The molecule has 256 valence electrons. The van der Waals surface area contributed by atoms with E-state index < -0.39 is 0 Å². The van der Waals surface area contributed by atoms with E-state index in [0.717, 1.165) is 33.4 Å². The van der Waals surface area contributed by atoms with Crippen molar-refractivity contribution in [1.29, 1.82) is 0 Å². The van der Waals surface area contributed by atoms with E-state index >= 15 is 0 Å². The van der Waals surface area contributed by atoms with E-state index in [0.29, 0.717) is 0 Å². The van der Waals surface area contributed by atoms with Crippen molar-refractivity contribution in [3.63, 3.8) is 0 Å². The van der Waals surface area contributed by atoms with Gasteiger partial charge in [0, 0.05) is 24.8 Å². The van der Waals surface area contributed by atoms with Gasteiger partial charge >= 0.3 is 0 Å². The van der Waals surface area contributed by atoms with Crippen LogP contribution < -0.4 is 0 Å². The van der Waals surface area contributed by atoms with Crippen LogP contribution in [0.25, 0.3) is 58.4 Å². The molecule has 0 aliphatic heterocycles. The Hall–Kier alpha value is -7.16. The van der Waals surface area contributed by atoms with Gasteiger partial charge in [-0.25, -0.2) is 0 Å². The topological polar surface area (TPSA) is 25.8 Å². The molecule has 0 fully saturated rings. The predicted molar refractivity (Wildman–Crippen MR) is 230 cm³/mol. The number of rotatable bonds is 10. The maximum atomic E-state index is 4.21. The van der Waals surface area contributed by atoms with Gasteiger partial charge < -0.3 is 0 Å². The molecule has 2 heteroatoms. The van der Waals surface area contributed by atoms with Crippen molar-refractivity contribution >= 4 is 58.4 Å². The van der Waals surface area contributed by atoms with Crippen molar-refractivity contribution in [2.24, 2.45) is 0 Å². The number of pyridine rings is 2. The fourth-order valence-electron chi connectivity index (χ4n) is 6.71. The Morgan fingerprint density at radius 2 is 0.630 bits per heavy atom. The summed E-state index contributed by atoms with van der Waals surface area (Å²) >= 11 is 0. The van der Waals surface area contributed by atoms with Crippen LogP contribution in [0.4, 0.5) is 0 Å². The third-order valence-corrected chi connectivity index (χ3v) is 9.55. The van der Waals surface area contributed by atoms with Gasteiger partial charge in [0.1, 0.15) is 0 Å². The number of hydrogen-bond donors (Lipinski definition) is 0. The van der Waals surface area contributed by atoms with Crippen LogP contribution in [0.5, 0.6) is 0 Å². The van der Waals surface area contributed by atoms with Crippen LogP contribution in [0.3, 0.4) is 0 Å². The van der Waals surface area contributed by atoms with Gasteiger partial charge in [0.15, 0.2) is 0 Å². The molecule has 0 aliphatic rings. The van der Waals surface area contributed by atoms with Crippen LogP contribution in [0, 0.1) is 0 Å². The summed E-state index contributed by atoms with van der Waals surface area (Å²) in [5.74, 6) is 0. The number of benzene rings is 6. The molecular formula is C52H38N2. The molecule has 6 aromatic carbocycles. The Kier molecular flexibility index (Phi) is 10.3. The Morgan fingerprint density at radius 1 is 0.296 bits per heavy atom. The molecule has 2 nitrogen and oxygen atoms in total. The first kappa shape index (κ1) is 34.0. The minimum Gasteiger partial charge on any atom is -0.265 e. The van der Waals surface area contributed by atoms with E-state index in [1.807, 2.05) is 36.9 Å². The first-order valence-electron chi connectivity index (χ1n) is 18.2. The van der Waals surface area contributed by atoms with E-state index in [4.69, 9.17) is 0 Å². The first-order valence-corrected chi connectivity index (χ1v) is 18.2. The molecule has 0 aliphatic carbocycles. The average Bonchev–Trinajstić information content (AvgIpc) is 3.25. The minimum absolute atomic E-state index is 1.14. The Balaban J connectivity index is 1.00. The van der Waals surface area contributed by atoms with Gasteiger partial charge in [-0.15, -0.1) is 0 Å². The van der Waals surface area contributed by atoms with Crippen molar-refractivity contribution in [1.82, 2.24) is 9.97 Å². The van der Waals surface area contributed by atoms with Crippen molar-refractivity contribution in [2.45, 2.75) is 0 Å². The molecule has 2 aromatic heterocycles. The second-order valence-corrected chi connectivity index (χ2v) is 13.1. The Labute approximate surface area is 317 Å². The fourth-order valence-corrected chi connectivity index (χ4v) is 6.71. The van der Waals surface area contributed by atoms with Gasteiger partial charge in [-0.05, 0) is 114 Å². The molecule has 0 saturated heterocycles. The summed E-state index contributed by atoms with van der Waals surface area (Å²) in [6.07, 6.45) is 20.7. The van der Waals surface area contributed by atoms with E-state index in [9.17, 15) is 0 Å². The summed E-state index contributed by atoms with van der Waals surface area (Å²) in [5, 5.41) is 2.45. The molecule has 0 unspecified atom stereocenters. The highest BCUT2D eigenvalue weighted by molar-refractivity contribution is 5.99. The Bertz CT molecular complexity index is 2320. The van der Waals surface area contributed by atoms with E-state index in [2.05, 4.69) is 204 Å². The largest absolute Gasteiger partial charge is 0.265 e. The monoisotopic (exact) mass is 690 g/mol. The van der Waals surface area contributed by atoms with Crippen LogP contribution >= 0.6 is 0 Å². The zero-order chi connectivity index (χ0) is 36.4. The highest BCUT2D eigenvalue weighted by Crippen LogP contribution is 2.29. The number of nitrogens with zero attached hydrogens (tertiary/aromatic N) is 2. The molecule has 0 spiro atoms. The third-order valence-electron chi connectivity index (χ3n) is 9.55. The molecule has 0 atom stereocenters. The van der Waals surface area contributed by atoms with Crippen molar-refractivity contribution in [3.8, 4) is 0 Å². The molecule has 0 N–H and O–H groups in total. The summed E-state index contributed by atoms with van der Waals surface area (Å²) in [6.45, 7) is 0. The first-order chi connectivity index (χ1) is 26.8. The third kappa shape index (κ3) is 8.15. The van der Waals surface area contributed by atoms with Gasteiger partial charge in [-0.1, -0.05) is 170 Å². The quantitative estimate of drug-likeness (QED) is 0.134. The highest BCUT2D eigenvalue weighted by Gasteiger charge is 2.07. The molecule has 8 rings (SSSR count). The minimum atomic E-state index is 1.14. The maximum Gasteiger partial charge on any atom is 0.0273 e. The van der Waals surface area contributed by atoms with Gasteiger partial charge in [0.2, 0.25) is 0 Å². The zero-order valence-corrected chi connectivity index (χ0v) is 29.8. The van der Waals surface area contributed by atoms with E-state index in [1.54, 1.807) is 0 Å². The highest BCUT2D eigenvalue weighted by atomic mass is 14.6. The lowest BCUT2D eigenvalue weighted by atomic mass is 9.96. The van der Waals surface area contributed by atoms with Gasteiger partial charge in [0.05, 0.1) is 0 Å². The van der Waals surface area contributed by atoms with E-state index in [1.165, 1.54) is 44.2 Å². The summed E-state index contributed by atoms with van der Waals surface area (Å²) in [6, 6.07) is 59.8. The maximum absolute atomic E-state index is 4.21. The molecule has 8 aromatic rings. The molecule has 0 bridgehead atoms. The van der Waals surface area contributed by atoms with Crippen molar-refractivity contribution < 1.29 is 0 Å². The summed E-state index contributed by atoms with van der Waals surface area (Å²) in [7, 11) is 0. The van der Waals surface area contributed by atoms with Crippen LogP contribution in [0.1, 0.15) is 55.6 Å². The van der Waals surface area contributed by atoms with Crippen LogP contribution in [0.2, 0.25) is 0 Å². The molecule has 0 amide bonds. The molecule has 0 radical (unpaired) electrons. The fraction of sp³-hybridized carbons (Fsp3) is 0. The predicted octanol–water partition coefficient (Wildman–Crippen LogP) is 13.1. The normalized spacial score (nSPS) is 12.1. The number of fused-ring (bicyclic) bond motifs is 1. The van der Waals surface area contributed by atoms with Gasteiger partial charge in [-0.2, -0.15) is 0 Å². The van der Waals surface area contributed by atoms with Gasteiger partial charge in [0.25, 0.3) is 0 Å². The summed E-state index contributed by atoms with van der Waals surface area (Å²) in [4.78, 5) is 8.43. The van der Waals surface area contributed by atoms with Gasteiger partial charge in [-0.3, -0.25) is 9.97 Å². The number of aromatic nitrogens is 2. The molecule has 54 heavy (non-hydrogen) atoms. The summed E-state index contributed by atoms with van der Waals surface area (Å²) in [5.41, 5.74) is 14.0. The summed E-state index contributed by atoms with van der Waals surface area (Å²) < 4.78 is 0. The van der Waals surface area contributed by atoms with Crippen LogP contribution in [0.15, 0.2) is 195 Å². The van der Waals surface area contributed by atoms with Crippen molar-refractivity contribution in [3.05, 3.63) is 250 Å². The molecule has 0 saturated carbocycles. The van der Waals surface area contributed by atoms with Crippen molar-refractivity contribution in [2.75, 3.05) is 0 Å². The molecule has 2 heterocycles. The lowest BCUT2D eigenvalue weighted by molar-refractivity contribution is 1.32. The molecular weight excluding hydrogens is 653 g/mol. The lowest BCUT2D eigenvalue weighted by Crippen LogP contribution is -1.88. The SMILES string of the molecule is C(=Cc1ccc(C=Cc2ccc(C=C(c3ccccc3)c3ccncc3)cc2)c2ccccc12)c1ccc(C=C(c2ccccc2)c2ccncc2)cc1. The standard InChI is InChI=1S/C52H38N2/c1-3-9-43(10-4-1)51(47-29-33-53-34-30-47)37-41-19-15-39(16-20-41)23-25-45-27-28-46(50-14-8-7-13-49(45)50)26-24-40-17-21-42(22-18-40)38-52(44-11-5-2-6-12-44)48-31-35-54-36-32-48/h1-38H. The van der Waals surface area contributed by atoms with E-state index in [-0.39, 0.29) is 0 Å². The average molecular weight is 691 g/mol.